The Hall–Kier alpha value is -2.87. The van der Waals surface area contributed by atoms with E-state index in [1.165, 1.54) is 11.1 Å². The van der Waals surface area contributed by atoms with E-state index in [2.05, 4.69) is 36.4 Å². The van der Waals surface area contributed by atoms with Gasteiger partial charge >= 0.3 is 6.09 Å². The average molecular weight is 457 g/mol. The summed E-state index contributed by atoms with van der Waals surface area (Å²) in [4.78, 5) is 27.2. The Bertz CT molecular complexity index is 985. The molecule has 1 aromatic heterocycles. The van der Waals surface area contributed by atoms with Crippen LogP contribution in [-0.4, -0.2) is 65.6 Å². The van der Waals surface area contributed by atoms with Crippen LogP contribution in [0.1, 0.15) is 66.7 Å². The van der Waals surface area contributed by atoms with Crippen molar-refractivity contribution in [1.82, 2.24) is 20.0 Å². The minimum Gasteiger partial charge on any atom is -0.444 e. The largest absolute Gasteiger partial charge is 0.444 e. The molecule has 0 radical (unpaired) electrons. The summed E-state index contributed by atoms with van der Waals surface area (Å²) in [5, 5.41) is 7.52. The van der Waals surface area contributed by atoms with Gasteiger partial charge in [-0.1, -0.05) is 6.07 Å². The van der Waals surface area contributed by atoms with Crippen molar-refractivity contribution in [1.29, 1.82) is 0 Å². The summed E-state index contributed by atoms with van der Waals surface area (Å²) in [6, 6.07) is 6.19. The van der Waals surface area contributed by atoms with E-state index in [0.717, 1.165) is 24.2 Å². The number of aryl methyl sites for hydroxylation is 2. The number of ether oxygens (including phenoxy) is 2. The lowest BCUT2D eigenvalue weighted by atomic mass is 9.90. The molecule has 33 heavy (non-hydrogen) atoms. The number of carbonyl (C=O) groups is 2. The molecule has 0 aliphatic carbocycles. The summed E-state index contributed by atoms with van der Waals surface area (Å²) in [7, 11) is 1.60. The van der Waals surface area contributed by atoms with Crippen LogP contribution in [0.15, 0.2) is 24.4 Å². The summed E-state index contributed by atoms with van der Waals surface area (Å²) in [6.07, 6.45) is 2.82. The second-order valence-corrected chi connectivity index (χ2v) is 9.61. The molecule has 2 aromatic rings. The maximum Gasteiger partial charge on any atom is 0.410 e. The molecule has 1 fully saturated rings. The highest BCUT2D eigenvalue weighted by Crippen LogP contribution is 2.33. The van der Waals surface area contributed by atoms with Gasteiger partial charge in [0.05, 0.1) is 29.7 Å². The molecule has 1 aromatic carbocycles. The zero-order valence-corrected chi connectivity index (χ0v) is 20.6. The zero-order valence-electron chi connectivity index (χ0n) is 20.6. The first-order chi connectivity index (χ1) is 15.6. The van der Waals surface area contributed by atoms with Crippen LogP contribution in [0.25, 0.3) is 5.69 Å². The summed E-state index contributed by atoms with van der Waals surface area (Å²) in [5.74, 6) is -0.0670. The lowest BCUT2D eigenvalue weighted by Gasteiger charge is -2.34. The third-order valence-corrected chi connectivity index (χ3v) is 5.91. The number of hydrogen-bond acceptors (Lipinski definition) is 5. The molecule has 0 spiro atoms. The number of hydrogen-bond donors (Lipinski definition) is 1. The molecular formula is C25H36N4O4. The molecule has 1 N–H and O–H groups in total. The Morgan fingerprint density at radius 1 is 1.15 bits per heavy atom. The standard InChI is InChI=1S/C25H36N4O4/c1-17-7-8-20(15-18(17)2)29-22(21(16-27-29)23(30)26-11-14-32-6)19-9-12-28(13-10-19)24(31)33-25(3,4)5/h7-8,15-16,19H,9-14H2,1-6H3,(H,26,30). The Kier molecular flexibility index (Phi) is 7.79. The van der Waals surface area contributed by atoms with Crippen LogP contribution in [-0.2, 0) is 9.47 Å². The highest BCUT2D eigenvalue weighted by Gasteiger charge is 2.32. The highest BCUT2D eigenvalue weighted by atomic mass is 16.6. The van der Waals surface area contributed by atoms with E-state index in [1.807, 2.05) is 31.5 Å². The maximum atomic E-state index is 13.0. The fourth-order valence-corrected chi connectivity index (χ4v) is 4.01. The Morgan fingerprint density at radius 3 is 2.45 bits per heavy atom. The Balaban J connectivity index is 1.87. The molecule has 0 saturated carbocycles. The van der Waals surface area contributed by atoms with Crippen LogP contribution in [0.3, 0.4) is 0 Å². The molecule has 0 bridgehead atoms. The average Bonchev–Trinajstić information content (AvgIpc) is 3.20. The monoisotopic (exact) mass is 456 g/mol. The minimum absolute atomic E-state index is 0.0935. The fraction of sp³-hybridized carbons (Fsp3) is 0.560. The van der Waals surface area contributed by atoms with E-state index in [1.54, 1.807) is 18.2 Å². The molecule has 180 valence electrons. The fourth-order valence-electron chi connectivity index (χ4n) is 4.01. The summed E-state index contributed by atoms with van der Waals surface area (Å²) >= 11 is 0. The van der Waals surface area contributed by atoms with E-state index in [-0.39, 0.29) is 17.9 Å². The number of nitrogens with one attached hydrogen (secondary N) is 1. The molecular weight excluding hydrogens is 420 g/mol. The minimum atomic E-state index is -0.524. The van der Waals surface area contributed by atoms with Crippen molar-refractivity contribution in [3.8, 4) is 5.69 Å². The van der Waals surface area contributed by atoms with Crippen LogP contribution in [0.2, 0.25) is 0 Å². The first-order valence-corrected chi connectivity index (χ1v) is 11.5. The van der Waals surface area contributed by atoms with Gasteiger partial charge in [0.25, 0.3) is 5.91 Å². The van der Waals surface area contributed by atoms with Gasteiger partial charge in [0.15, 0.2) is 0 Å². The molecule has 2 amide bonds. The van der Waals surface area contributed by atoms with Gasteiger partial charge in [-0.25, -0.2) is 9.48 Å². The van der Waals surface area contributed by atoms with E-state index < -0.39 is 5.60 Å². The van der Waals surface area contributed by atoms with Crippen LogP contribution in [0.5, 0.6) is 0 Å². The van der Waals surface area contributed by atoms with Crippen molar-refractivity contribution in [3.05, 3.63) is 46.8 Å². The van der Waals surface area contributed by atoms with Crippen molar-refractivity contribution in [2.45, 2.75) is 59.0 Å². The number of methoxy groups -OCH3 is 1. The summed E-state index contributed by atoms with van der Waals surface area (Å²) < 4.78 is 12.5. The van der Waals surface area contributed by atoms with Gasteiger partial charge in [-0.05, 0) is 70.7 Å². The molecule has 1 aliphatic heterocycles. The molecule has 8 heteroatoms. The van der Waals surface area contributed by atoms with Gasteiger partial charge < -0.3 is 19.7 Å². The van der Waals surface area contributed by atoms with Crippen LogP contribution in [0, 0.1) is 13.8 Å². The number of rotatable bonds is 6. The first-order valence-electron chi connectivity index (χ1n) is 11.5. The van der Waals surface area contributed by atoms with Gasteiger partial charge in [-0.15, -0.1) is 0 Å². The van der Waals surface area contributed by atoms with Crippen molar-refractivity contribution in [2.75, 3.05) is 33.4 Å². The molecule has 3 rings (SSSR count). The van der Waals surface area contributed by atoms with Gasteiger partial charge in [-0.3, -0.25) is 4.79 Å². The molecule has 1 saturated heterocycles. The molecule has 2 heterocycles. The first kappa shape index (κ1) is 24.8. The van der Waals surface area contributed by atoms with Crippen molar-refractivity contribution in [3.63, 3.8) is 0 Å². The second-order valence-electron chi connectivity index (χ2n) is 9.61. The van der Waals surface area contributed by atoms with Crippen molar-refractivity contribution < 1.29 is 19.1 Å². The third kappa shape index (κ3) is 6.13. The van der Waals surface area contributed by atoms with Crippen LogP contribution < -0.4 is 5.32 Å². The zero-order chi connectivity index (χ0) is 24.2. The smallest absolute Gasteiger partial charge is 0.410 e. The Labute approximate surface area is 196 Å². The van der Waals surface area contributed by atoms with Gasteiger partial charge in [-0.2, -0.15) is 5.10 Å². The number of aromatic nitrogens is 2. The number of benzene rings is 1. The number of nitrogens with zero attached hydrogens (tertiary/aromatic N) is 3. The topological polar surface area (TPSA) is 85.7 Å². The second kappa shape index (κ2) is 10.4. The van der Waals surface area contributed by atoms with Gasteiger partial charge in [0, 0.05) is 32.7 Å². The summed E-state index contributed by atoms with van der Waals surface area (Å²) in [6.45, 7) is 11.8. The molecule has 0 unspecified atom stereocenters. The lowest BCUT2D eigenvalue weighted by molar-refractivity contribution is 0.0203. The van der Waals surface area contributed by atoms with Crippen molar-refractivity contribution in [2.24, 2.45) is 0 Å². The number of likely N-dealkylation sites (tertiary alicyclic amines) is 1. The number of piperidine rings is 1. The number of amides is 2. The van der Waals surface area contributed by atoms with E-state index in [0.29, 0.717) is 31.8 Å². The lowest BCUT2D eigenvalue weighted by Crippen LogP contribution is -2.41. The van der Waals surface area contributed by atoms with E-state index >= 15 is 0 Å². The van der Waals surface area contributed by atoms with Gasteiger partial charge in [0.2, 0.25) is 0 Å². The van der Waals surface area contributed by atoms with Crippen LogP contribution in [0.4, 0.5) is 4.79 Å². The third-order valence-electron chi connectivity index (χ3n) is 5.91. The SMILES string of the molecule is COCCNC(=O)c1cnn(-c2ccc(C)c(C)c2)c1C1CCN(C(=O)OC(C)(C)C)CC1. The Morgan fingerprint density at radius 2 is 1.85 bits per heavy atom. The summed E-state index contributed by atoms with van der Waals surface area (Å²) in [5.41, 5.74) is 4.23. The molecule has 0 atom stereocenters. The maximum absolute atomic E-state index is 13.0. The molecule has 1 aliphatic rings. The van der Waals surface area contributed by atoms with Crippen LogP contribution >= 0.6 is 0 Å². The quantitative estimate of drug-likeness (QED) is 0.665. The number of carbonyl (C=O) groups excluding carboxylic acids is 2. The van der Waals surface area contributed by atoms with Crippen molar-refractivity contribution >= 4 is 12.0 Å². The predicted octanol–water partition coefficient (Wildman–Crippen LogP) is 3.98. The highest BCUT2D eigenvalue weighted by molar-refractivity contribution is 5.95. The predicted molar refractivity (Wildman–Crippen MR) is 127 cm³/mol. The normalized spacial score (nSPS) is 14.9. The molecule has 8 nitrogen and oxygen atoms in total. The van der Waals surface area contributed by atoms with Gasteiger partial charge in [0.1, 0.15) is 5.60 Å². The van der Waals surface area contributed by atoms with E-state index in [9.17, 15) is 9.59 Å². The van der Waals surface area contributed by atoms with E-state index in [4.69, 9.17) is 9.47 Å².